The first-order chi connectivity index (χ1) is 29.7. The number of methoxy groups -OCH3 is 2. The smallest absolute Gasteiger partial charge is 0.249 e. The average Bonchev–Trinajstić information content (AvgIpc) is 3.25. The molecule has 2 amide bonds. The van der Waals surface area contributed by atoms with Gasteiger partial charge in [0.05, 0.1) is 42.2 Å². The van der Waals surface area contributed by atoms with E-state index in [2.05, 4.69) is 25.3 Å². The summed E-state index contributed by atoms with van der Waals surface area (Å²) in [6, 6.07) is 3.31. The van der Waals surface area contributed by atoms with Gasteiger partial charge < -0.3 is 41.8 Å². The molecule has 0 bridgehead atoms. The molecule has 2 aliphatic rings. The summed E-state index contributed by atoms with van der Waals surface area (Å²) >= 11 is 0. The topological polar surface area (TPSA) is 269 Å². The number of ketones is 2. The number of nitrogen functional groups attached to an aromatic ring is 2. The molecule has 4 heterocycles. The van der Waals surface area contributed by atoms with Gasteiger partial charge in [-0.05, 0) is 37.8 Å². The number of amides is 2. The van der Waals surface area contributed by atoms with E-state index >= 15 is 0 Å². The monoisotopic (exact) mass is 920 g/mol. The van der Waals surface area contributed by atoms with Crippen LogP contribution in [-0.4, -0.2) is 120 Å². The van der Waals surface area contributed by atoms with E-state index < -0.39 is 55.6 Å². The van der Waals surface area contributed by atoms with Crippen LogP contribution in [0.2, 0.25) is 0 Å². The number of nitrogens with two attached hydrogens (primary N) is 3. The van der Waals surface area contributed by atoms with Crippen molar-refractivity contribution in [2.45, 2.75) is 71.1 Å². The van der Waals surface area contributed by atoms with Gasteiger partial charge >= 0.3 is 0 Å². The number of carbonyl (C=O) groups is 4. The van der Waals surface area contributed by atoms with Crippen molar-refractivity contribution in [3.8, 4) is 11.5 Å². The summed E-state index contributed by atoms with van der Waals surface area (Å²) in [7, 11) is -1.28. The highest BCUT2D eigenvalue weighted by Crippen LogP contribution is 2.28. The molecule has 0 spiro atoms. The highest BCUT2D eigenvalue weighted by atomic mass is 32.2. The number of rotatable bonds is 10. The highest BCUT2D eigenvalue weighted by Gasteiger charge is 2.26. The molecule has 0 unspecified atom stereocenters. The predicted octanol–water partition coefficient (Wildman–Crippen LogP) is 3.96. The highest BCUT2D eigenvalue weighted by molar-refractivity contribution is 7.91. The van der Waals surface area contributed by atoms with Crippen molar-refractivity contribution in [2.75, 3.05) is 62.9 Å². The molecule has 64 heavy (non-hydrogen) atoms. The zero-order valence-corrected chi connectivity index (χ0v) is 35.9. The number of aromatic nitrogens is 4. The van der Waals surface area contributed by atoms with Crippen molar-refractivity contribution in [1.29, 1.82) is 0 Å². The second kappa shape index (κ2) is 22.7. The molecular weight excluding hydrogens is 869 g/mol. The van der Waals surface area contributed by atoms with E-state index in [9.17, 15) is 45.2 Å². The molecular formula is C41H52F4N10O8S. The van der Waals surface area contributed by atoms with Crippen molar-refractivity contribution in [3.05, 3.63) is 82.2 Å². The van der Waals surface area contributed by atoms with Crippen LogP contribution >= 0.6 is 0 Å². The Labute approximate surface area is 367 Å². The maximum atomic E-state index is 13.6. The largest absolute Gasteiger partial charge is 0.496 e. The van der Waals surface area contributed by atoms with E-state index in [-0.39, 0.29) is 76.6 Å². The second-order valence-electron chi connectivity index (χ2n) is 14.2. The maximum absolute atomic E-state index is 13.6. The van der Waals surface area contributed by atoms with Gasteiger partial charge in [0.2, 0.25) is 44.3 Å². The molecule has 2 aromatic carbocycles. The van der Waals surface area contributed by atoms with Gasteiger partial charge in [-0.3, -0.25) is 19.2 Å². The van der Waals surface area contributed by atoms with Gasteiger partial charge in [-0.15, -0.1) is 0 Å². The van der Waals surface area contributed by atoms with E-state index in [1.54, 1.807) is 11.8 Å². The van der Waals surface area contributed by atoms with Crippen LogP contribution in [0.1, 0.15) is 85.7 Å². The van der Waals surface area contributed by atoms with Gasteiger partial charge in [-0.1, -0.05) is 14.4 Å². The summed E-state index contributed by atoms with van der Waals surface area (Å²) in [4.78, 5) is 66.4. The first kappa shape index (κ1) is 51.9. The van der Waals surface area contributed by atoms with Crippen LogP contribution in [0.25, 0.3) is 0 Å². The minimum absolute atomic E-state index is 0. The molecule has 6 rings (SSSR count). The third-order valence-corrected chi connectivity index (χ3v) is 11.5. The van der Waals surface area contributed by atoms with Gasteiger partial charge in [0, 0.05) is 76.6 Å². The Morgan fingerprint density at radius 1 is 0.703 bits per heavy atom. The molecule has 0 atom stereocenters. The molecule has 348 valence electrons. The van der Waals surface area contributed by atoms with Crippen molar-refractivity contribution in [3.63, 3.8) is 0 Å². The maximum Gasteiger partial charge on any atom is 0.249 e. The summed E-state index contributed by atoms with van der Waals surface area (Å²) in [6.45, 7) is 7.50. The van der Waals surface area contributed by atoms with Crippen LogP contribution in [0.15, 0.2) is 41.8 Å². The van der Waals surface area contributed by atoms with Crippen LogP contribution in [0.4, 0.5) is 35.1 Å². The Balaban J connectivity index is 0.000000280. The minimum Gasteiger partial charge on any atom is -0.496 e. The van der Waals surface area contributed by atoms with Crippen molar-refractivity contribution in [1.82, 2.24) is 29.7 Å². The molecule has 0 radical (unpaired) electrons. The fraction of sp³-hybridized carbons (Fsp3) is 0.415. The normalized spacial score (nSPS) is 14.2. The quantitative estimate of drug-likeness (QED) is 0.0996. The summed E-state index contributed by atoms with van der Waals surface area (Å²) in [5.74, 6) is -6.84. The molecule has 0 aliphatic carbocycles. The molecule has 2 saturated heterocycles. The van der Waals surface area contributed by atoms with Crippen molar-refractivity contribution < 1.29 is 54.6 Å². The number of likely N-dealkylation sites (tertiary alicyclic amines) is 2. The van der Waals surface area contributed by atoms with E-state index in [0.717, 1.165) is 63.2 Å². The van der Waals surface area contributed by atoms with Crippen LogP contribution in [0, 0.1) is 23.3 Å². The SMILES string of the molecule is C.CC(=O)N1CCC(N)CC1.CCS(=O)(=O)c1ncc(C(=O)c2cc(F)c(F)cc2OC)c(N)n1.COc1cc(F)c(F)cc1C(=O)c1cnc(NC2CCN(C(C)=O)CC2)nc1N. The second-order valence-corrected chi connectivity index (χ2v) is 16.4. The Morgan fingerprint density at radius 3 is 1.50 bits per heavy atom. The third kappa shape index (κ3) is 13.0. The van der Waals surface area contributed by atoms with Gasteiger partial charge in [0.1, 0.15) is 23.1 Å². The van der Waals surface area contributed by atoms with Crippen LogP contribution < -0.4 is 32.0 Å². The molecule has 2 aromatic heterocycles. The lowest BCUT2D eigenvalue weighted by molar-refractivity contribution is -0.130. The van der Waals surface area contributed by atoms with E-state index in [4.69, 9.17) is 26.7 Å². The Bertz CT molecular complexity index is 2450. The number of hydrogen-bond acceptors (Lipinski definition) is 16. The van der Waals surface area contributed by atoms with Gasteiger partial charge in [0.25, 0.3) is 0 Å². The average molecular weight is 921 g/mol. The lowest BCUT2D eigenvalue weighted by Gasteiger charge is -2.31. The Kier molecular flexibility index (Phi) is 18.4. The number of ether oxygens (including phenoxy) is 2. The van der Waals surface area contributed by atoms with E-state index in [1.807, 2.05) is 4.90 Å². The van der Waals surface area contributed by atoms with Gasteiger partial charge in [-0.2, -0.15) is 4.98 Å². The fourth-order valence-electron chi connectivity index (χ4n) is 6.25. The van der Waals surface area contributed by atoms with Crippen molar-refractivity contribution in [2.24, 2.45) is 5.73 Å². The van der Waals surface area contributed by atoms with Gasteiger partial charge in [0.15, 0.2) is 23.3 Å². The number of carbonyl (C=O) groups excluding carboxylic acids is 4. The molecule has 2 aliphatic heterocycles. The van der Waals surface area contributed by atoms with Crippen LogP contribution in [-0.2, 0) is 19.4 Å². The Hall–Kier alpha value is -6.49. The standard InChI is InChI=1S/C19H21F2N5O3.C14H13F2N3O4S.C7H14N2O.CH4/c1-10(27)26-5-3-11(4-6-26)24-19-23-9-13(18(22)25-19)17(28)12-7-14(20)15(21)8-16(12)29-2;1-3-24(21,22)14-18-6-8(13(17)19-14)12(20)7-4-9(15)10(16)5-11(7)23-2;1-6(10)9-4-2-7(8)3-5-9;/h7-9,11H,3-6H2,1-2H3,(H3,22,23,24,25);4-6H,3H2,1-2H3,(H2,17,18,19);7H,2-5,8H2,1H3;1H4. The summed E-state index contributed by atoms with van der Waals surface area (Å²) in [5.41, 5.74) is 16.4. The van der Waals surface area contributed by atoms with E-state index in [1.165, 1.54) is 34.3 Å². The number of benzene rings is 2. The lowest BCUT2D eigenvalue weighted by Crippen LogP contribution is -2.41. The molecule has 0 saturated carbocycles. The Morgan fingerprint density at radius 2 is 1.11 bits per heavy atom. The zero-order chi connectivity index (χ0) is 46.8. The number of hydrogen-bond donors (Lipinski definition) is 4. The zero-order valence-electron chi connectivity index (χ0n) is 35.1. The number of nitrogens with one attached hydrogen (secondary N) is 1. The summed E-state index contributed by atoms with van der Waals surface area (Å²) in [5, 5.41) is 2.62. The molecule has 18 nitrogen and oxygen atoms in total. The fourth-order valence-corrected chi connectivity index (χ4v) is 6.96. The number of piperidine rings is 2. The minimum atomic E-state index is -3.70. The van der Waals surface area contributed by atoms with E-state index in [0.29, 0.717) is 25.2 Å². The van der Waals surface area contributed by atoms with Crippen LogP contribution in [0.5, 0.6) is 11.5 Å². The summed E-state index contributed by atoms with van der Waals surface area (Å²) in [6.07, 6.45) is 5.54. The number of halogens is 4. The van der Waals surface area contributed by atoms with Crippen molar-refractivity contribution >= 4 is 50.8 Å². The number of anilines is 3. The lowest BCUT2D eigenvalue weighted by atomic mass is 10.0. The van der Waals surface area contributed by atoms with Crippen LogP contribution in [0.3, 0.4) is 0 Å². The number of sulfone groups is 1. The third-order valence-electron chi connectivity index (χ3n) is 9.99. The number of nitrogens with zero attached hydrogens (tertiary/aromatic N) is 6. The predicted molar refractivity (Wildman–Crippen MR) is 228 cm³/mol. The molecule has 23 heteroatoms. The van der Waals surface area contributed by atoms with Gasteiger partial charge in [-0.25, -0.2) is 40.9 Å². The molecule has 2 fully saturated rings. The first-order valence-electron chi connectivity index (χ1n) is 19.4. The molecule has 7 N–H and O–H groups in total. The first-order valence-corrected chi connectivity index (χ1v) is 21.0. The molecule has 4 aromatic rings. The summed E-state index contributed by atoms with van der Waals surface area (Å²) < 4.78 is 86.9.